The van der Waals surface area contributed by atoms with Gasteiger partial charge in [0, 0.05) is 0 Å². The Hall–Kier alpha value is -2.04. The van der Waals surface area contributed by atoms with Gasteiger partial charge in [-0.15, -0.1) is 5.73 Å². The Morgan fingerprint density at radius 1 is 1.05 bits per heavy atom. The second-order valence-corrected chi connectivity index (χ2v) is 6.40. The maximum atomic E-state index is 8.16. The summed E-state index contributed by atoms with van der Waals surface area (Å²) in [6, 6.07) is 20.8. The second-order valence-electron chi connectivity index (χ2n) is 6.40. The first-order valence-corrected chi connectivity index (χ1v) is 7.49. The van der Waals surface area contributed by atoms with Gasteiger partial charge in [0.25, 0.3) is 0 Å². The van der Waals surface area contributed by atoms with Crippen molar-refractivity contribution in [2.45, 2.75) is 33.6 Å². The number of allylic oxidation sites excluding steroid dienone is 1. The minimum Gasteiger partial charge on any atom is -0.121 e. The van der Waals surface area contributed by atoms with Gasteiger partial charge >= 0.3 is 0 Å². The van der Waals surface area contributed by atoms with Crippen molar-refractivity contribution in [3.8, 4) is 0 Å². The Balaban J connectivity index is 2.13. The molecule has 0 fully saturated rings. The van der Waals surface area contributed by atoms with Crippen LogP contribution in [0.2, 0.25) is 0 Å². The lowest BCUT2D eigenvalue weighted by atomic mass is 9.80. The van der Waals surface area contributed by atoms with Crippen LogP contribution >= 0.6 is 0 Å². The molecular weight excluding hydrogens is 252 g/mol. The van der Waals surface area contributed by atoms with Gasteiger partial charge in [-0.1, -0.05) is 74.5 Å². The molecule has 0 heteroatoms. The predicted molar refractivity (Wildman–Crippen MR) is 92.2 cm³/mol. The molecule has 0 unspecified atom stereocenters. The molecule has 0 saturated heterocycles. The van der Waals surface area contributed by atoms with Crippen LogP contribution in [0.15, 0.2) is 72.0 Å². The molecule has 21 heavy (non-hydrogen) atoms. The fourth-order valence-electron chi connectivity index (χ4n) is 2.67. The van der Waals surface area contributed by atoms with Crippen LogP contribution in [0.25, 0.3) is 6.05 Å². The van der Waals surface area contributed by atoms with Crippen molar-refractivity contribution >= 4 is 6.05 Å². The van der Waals surface area contributed by atoms with Gasteiger partial charge in [0.2, 0.25) is 0 Å². The van der Waals surface area contributed by atoms with Crippen molar-refractivity contribution in [3.05, 3.63) is 83.1 Å². The second kappa shape index (κ2) is 7.11. The van der Waals surface area contributed by atoms with Crippen LogP contribution in [0, 0.1) is 5.41 Å². The zero-order chi connectivity index (χ0) is 16.0. The average molecular weight is 277 g/mol. The molecule has 0 aliphatic carbocycles. The van der Waals surface area contributed by atoms with Crippen molar-refractivity contribution in [1.29, 1.82) is 0 Å². The van der Waals surface area contributed by atoms with Gasteiger partial charge in [-0.05, 0) is 47.9 Å². The maximum absolute atomic E-state index is 8.16. The molecule has 0 bridgehead atoms. The van der Waals surface area contributed by atoms with Crippen LogP contribution in [0.5, 0.6) is 0 Å². The van der Waals surface area contributed by atoms with Gasteiger partial charge in [0.15, 0.2) is 0 Å². The van der Waals surface area contributed by atoms with E-state index in [1.807, 2.05) is 30.3 Å². The molecule has 2 aromatic rings. The standard InChI is InChI=1S/C21H24/c1-18(14-15-19-10-6-4-7-11-19)16-21(2,3)17-20-12-8-5-9-13-20/h4-13,15H,16-17H2,1-3H3/i15D. The number of rotatable bonds is 5. The van der Waals surface area contributed by atoms with Crippen molar-refractivity contribution in [3.63, 3.8) is 0 Å². The third-order valence-corrected chi connectivity index (χ3v) is 3.46. The summed E-state index contributed by atoms with van der Waals surface area (Å²) in [6.45, 7) is 6.62. The first kappa shape index (κ1) is 13.9. The monoisotopic (exact) mass is 277 g/mol. The molecule has 0 radical (unpaired) electrons. The summed E-state index contributed by atoms with van der Waals surface area (Å²) in [7, 11) is 0. The van der Waals surface area contributed by atoms with E-state index >= 15 is 0 Å². The van der Waals surface area contributed by atoms with E-state index in [-0.39, 0.29) is 5.41 Å². The molecule has 0 nitrogen and oxygen atoms in total. The van der Waals surface area contributed by atoms with Gasteiger partial charge in [-0.2, -0.15) is 0 Å². The fourth-order valence-corrected chi connectivity index (χ4v) is 2.67. The Morgan fingerprint density at radius 3 is 2.24 bits per heavy atom. The molecule has 0 spiro atoms. The molecule has 2 rings (SSSR count). The first-order chi connectivity index (χ1) is 10.5. The normalized spacial score (nSPS) is 11.5. The maximum Gasteiger partial charge on any atom is 0.0720 e. The van der Waals surface area contributed by atoms with E-state index in [2.05, 4.69) is 56.8 Å². The topological polar surface area (TPSA) is 0 Å². The lowest BCUT2D eigenvalue weighted by molar-refractivity contribution is 0.360. The Morgan fingerprint density at radius 2 is 1.62 bits per heavy atom. The molecule has 0 saturated carbocycles. The summed E-state index contributed by atoms with van der Waals surface area (Å²) in [5, 5.41) is 0. The lowest BCUT2D eigenvalue weighted by Crippen LogP contribution is -2.15. The highest BCUT2D eigenvalue weighted by Crippen LogP contribution is 2.29. The molecule has 0 N–H and O–H groups in total. The van der Waals surface area contributed by atoms with Crippen molar-refractivity contribution in [2.24, 2.45) is 5.41 Å². The molecule has 2 aromatic carbocycles. The SMILES string of the molecule is [2H]C(=C=C(C)CC(C)(C)Cc1ccccc1)c1ccccc1. The van der Waals surface area contributed by atoms with Crippen LogP contribution in [-0.4, -0.2) is 0 Å². The van der Waals surface area contributed by atoms with Crippen molar-refractivity contribution < 1.29 is 1.37 Å². The molecule has 0 aromatic heterocycles. The van der Waals surface area contributed by atoms with E-state index in [4.69, 9.17) is 1.37 Å². The Kier molecular flexibility index (Phi) is 4.71. The highest BCUT2D eigenvalue weighted by atomic mass is 14.2. The number of benzene rings is 2. The summed E-state index contributed by atoms with van der Waals surface area (Å²) < 4.78 is 8.16. The first-order valence-electron chi connectivity index (χ1n) is 7.99. The molecule has 0 aliphatic heterocycles. The van der Waals surface area contributed by atoms with E-state index in [1.165, 1.54) is 5.56 Å². The highest BCUT2D eigenvalue weighted by Gasteiger charge is 2.18. The van der Waals surface area contributed by atoms with Crippen LogP contribution in [-0.2, 0) is 6.42 Å². The molecular formula is C21H24. The average Bonchev–Trinajstić information content (AvgIpc) is 2.47. The molecule has 0 atom stereocenters. The third-order valence-electron chi connectivity index (χ3n) is 3.46. The quantitative estimate of drug-likeness (QED) is 0.596. The van der Waals surface area contributed by atoms with E-state index in [0.717, 1.165) is 24.0 Å². The van der Waals surface area contributed by atoms with Crippen molar-refractivity contribution in [2.75, 3.05) is 0 Å². The molecule has 0 aliphatic rings. The Bertz CT molecular complexity index is 660. The lowest BCUT2D eigenvalue weighted by Gasteiger charge is -2.24. The van der Waals surface area contributed by atoms with E-state index in [0.29, 0.717) is 6.05 Å². The van der Waals surface area contributed by atoms with Gasteiger partial charge in [-0.25, -0.2) is 0 Å². The predicted octanol–water partition coefficient (Wildman–Crippen LogP) is 5.90. The van der Waals surface area contributed by atoms with Gasteiger partial charge in [0.05, 0.1) is 1.37 Å². The zero-order valence-electron chi connectivity index (χ0n) is 14.2. The Labute approximate surface area is 130 Å². The smallest absolute Gasteiger partial charge is 0.0720 e. The minimum absolute atomic E-state index is 0.162. The van der Waals surface area contributed by atoms with E-state index < -0.39 is 0 Å². The van der Waals surface area contributed by atoms with Gasteiger partial charge in [-0.3, -0.25) is 0 Å². The zero-order valence-corrected chi connectivity index (χ0v) is 13.2. The van der Waals surface area contributed by atoms with Crippen LogP contribution in [0.1, 0.15) is 39.7 Å². The van der Waals surface area contributed by atoms with E-state index in [1.54, 1.807) is 0 Å². The third kappa shape index (κ3) is 5.45. The molecule has 108 valence electrons. The summed E-state index contributed by atoms with van der Waals surface area (Å²) in [4.78, 5) is 0. The van der Waals surface area contributed by atoms with Gasteiger partial charge in [0.1, 0.15) is 0 Å². The molecule has 0 amide bonds. The largest absolute Gasteiger partial charge is 0.121 e. The fraction of sp³-hybridized carbons (Fsp3) is 0.286. The summed E-state index contributed by atoms with van der Waals surface area (Å²) in [5.74, 6) is 0. The minimum atomic E-state index is 0.162. The van der Waals surface area contributed by atoms with Crippen LogP contribution < -0.4 is 0 Å². The van der Waals surface area contributed by atoms with Crippen LogP contribution in [0.3, 0.4) is 0 Å². The summed E-state index contributed by atoms with van der Waals surface area (Å²) in [5.41, 5.74) is 6.81. The van der Waals surface area contributed by atoms with E-state index in [9.17, 15) is 0 Å². The summed E-state index contributed by atoms with van der Waals surface area (Å²) in [6.07, 6.45) is 1.97. The van der Waals surface area contributed by atoms with Crippen LogP contribution in [0.4, 0.5) is 0 Å². The molecule has 0 heterocycles. The number of hydrogen-bond acceptors (Lipinski definition) is 0. The van der Waals surface area contributed by atoms with Crippen molar-refractivity contribution in [1.82, 2.24) is 0 Å². The summed E-state index contributed by atoms with van der Waals surface area (Å²) >= 11 is 0. The number of hydrogen-bond donors (Lipinski definition) is 0. The van der Waals surface area contributed by atoms with Gasteiger partial charge < -0.3 is 0 Å². The highest BCUT2D eigenvalue weighted by molar-refractivity contribution is 5.48.